The summed E-state index contributed by atoms with van der Waals surface area (Å²) < 4.78 is 5.05. The summed E-state index contributed by atoms with van der Waals surface area (Å²) in [6.45, 7) is 1.59. The number of nitrogen functional groups attached to an aromatic ring is 1. The van der Waals surface area contributed by atoms with Crippen LogP contribution in [0.15, 0.2) is 48.5 Å². The van der Waals surface area contributed by atoms with Crippen molar-refractivity contribution in [3.05, 3.63) is 54.1 Å². The summed E-state index contributed by atoms with van der Waals surface area (Å²) in [5.74, 6) is -0.308. The maximum Gasteiger partial charge on any atom is 0.302 e. The first-order chi connectivity index (χ1) is 8.68. The van der Waals surface area contributed by atoms with Gasteiger partial charge in [-0.1, -0.05) is 42.5 Å². The summed E-state index contributed by atoms with van der Waals surface area (Å²) in [4.78, 5) is 10.9. The van der Waals surface area contributed by atoms with Crippen molar-refractivity contribution in [2.45, 2.75) is 13.5 Å². The van der Waals surface area contributed by atoms with Crippen molar-refractivity contribution in [1.82, 2.24) is 0 Å². The van der Waals surface area contributed by atoms with E-state index in [1.807, 2.05) is 48.5 Å². The fraction of sp³-hybridized carbons (Fsp3) is 0.133. The fourth-order valence-corrected chi connectivity index (χ4v) is 1.83. The number of esters is 1. The second kappa shape index (κ2) is 5.36. The predicted octanol–water partition coefficient (Wildman–Crippen LogP) is 3.00. The van der Waals surface area contributed by atoms with Gasteiger partial charge in [-0.05, 0) is 17.2 Å². The molecule has 3 heteroatoms. The van der Waals surface area contributed by atoms with Crippen LogP contribution in [0.2, 0.25) is 0 Å². The molecule has 3 nitrogen and oxygen atoms in total. The summed E-state index contributed by atoms with van der Waals surface area (Å²) in [5.41, 5.74) is 9.50. The Balaban J connectivity index is 2.41. The molecule has 0 amide bonds. The third-order valence-electron chi connectivity index (χ3n) is 2.72. The molecule has 0 bridgehead atoms. The minimum Gasteiger partial charge on any atom is -0.461 e. The highest BCUT2D eigenvalue weighted by Gasteiger charge is 2.09. The van der Waals surface area contributed by atoms with Crippen LogP contribution in [0.25, 0.3) is 11.1 Å². The Morgan fingerprint density at radius 1 is 1.11 bits per heavy atom. The zero-order chi connectivity index (χ0) is 13.0. The maximum atomic E-state index is 10.9. The Morgan fingerprint density at radius 2 is 1.83 bits per heavy atom. The standard InChI is InChI=1S/C15H15NO2/c1-11(17)18-10-14-13(8-5-9-15(14)16)12-6-3-2-4-7-12/h2-9H,10,16H2,1H3. The van der Waals surface area contributed by atoms with Crippen molar-refractivity contribution in [1.29, 1.82) is 0 Å². The zero-order valence-electron chi connectivity index (χ0n) is 10.2. The fourth-order valence-electron chi connectivity index (χ4n) is 1.83. The van der Waals surface area contributed by atoms with Gasteiger partial charge in [0.05, 0.1) is 0 Å². The van der Waals surface area contributed by atoms with Crippen LogP contribution in [-0.4, -0.2) is 5.97 Å². The number of benzene rings is 2. The van der Waals surface area contributed by atoms with E-state index in [0.29, 0.717) is 5.69 Å². The zero-order valence-corrected chi connectivity index (χ0v) is 10.2. The van der Waals surface area contributed by atoms with Crippen LogP contribution in [0.3, 0.4) is 0 Å². The monoisotopic (exact) mass is 241 g/mol. The minimum absolute atomic E-state index is 0.201. The smallest absolute Gasteiger partial charge is 0.302 e. The lowest BCUT2D eigenvalue weighted by Gasteiger charge is -2.12. The highest BCUT2D eigenvalue weighted by atomic mass is 16.5. The second-order valence-corrected chi connectivity index (χ2v) is 4.02. The van der Waals surface area contributed by atoms with Crippen LogP contribution in [-0.2, 0) is 16.1 Å². The summed E-state index contributed by atoms with van der Waals surface area (Å²) in [7, 11) is 0. The molecule has 0 aliphatic carbocycles. The van der Waals surface area contributed by atoms with Gasteiger partial charge < -0.3 is 10.5 Å². The summed E-state index contributed by atoms with van der Waals surface area (Å²) >= 11 is 0. The molecule has 92 valence electrons. The first-order valence-electron chi connectivity index (χ1n) is 5.74. The highest BCUT2D eigenvalue weighted by Crippen LogP contribution is 2.28. The van der Waals surface area contributed by atoms with E-state index in [-0.39, 0.29) is 12.6 Å². The Morgan fingerprint density at radius 3 is 2.50 bits per heavy atom. The van der Waals surface area contributed by atoms with E-state index < -0.39 is 0 Å². The van der Waals surface area contributed by atoms with Crippen molar-refractivity contribution in [2.24, 2.45) is 0 Å². The Hall–Kier alpha value is -2.29. The number of rotatable bonds is 3. The van der Waals surface area contributed by atoms with Crippen LogP contribution in [0.5, 0.6) is 0 Å². The number of anilines is 1. The molecule has 2 aromatic carbocycles. The lowest BCUT2D eigenvalue weighted by Crippen LogP contribution is -2.03. The highest BCUT2D eigenvalue weighted by molar-refractivity contribution is 5.73. The molecule has 0 atom stereocenters. The van der Waals surface area contributed by atoms with Crippen LogP contribution >= 0.6 is 0 Å². The quantitative estimate of drug-likeness (QED) is 0.664. The Labute approximate surface area is 106 Å². The third-order valence-corrected chi connectivity index (χ3v) is 2.72. The largest absolute Gasteiger partial charge is 0.461 e. The van der Waals surface area contributed by atoms with E-state index in [9.17, 15) is 4.79 Å². The van der Waals surface area contributed by atoms with Gasteiger partial charge in [-0.25, -0.2) is 0 Å². The number of hydrogen-bond donors (Lipinski definition) is 1. The summed E-state index contributed by atoms with van der Waals surface area (Å²) in [6.07, 6.45) is 0. The topological polar surface area (TPSA) is 52.3 Å². The molecule has 2 N–H and O–H groups in total. The first-order valence-corrected chi connectivity index (χ1v) is 5.74. The van der Waals surface area contributed by atoms with Gasteiger partial charge in [0.1, 0.15) is 6.61 Å². The SMILES string of the molecule is CC(=O)OCc1c(N)cccc1-c1ccccc1. The molecule has 0 aromatic heterocycles. The third kappa shape index (κ3) is 2.69. The second-order valence-electron chi connectivity index (χ2n) is 4.02. The van der Waals surface area contributed by atoms with E-state index in [1.165, 1.54) is 6.92 Å². The van der Waals surface area contributed by atoms with Crippen LogP contribution in [0.1, 0.15) is 12.5 Å². The molecule has 0 spiro atoms. The molecule has 2 aromatic rings. The maximum absolute atomic E-state index is 10.9. The number of hydrogen-bond acceptors (Lipinski definition) is 3. The van der Waals surface area contributed by atoms with E-state index in [2.05, 4.69) is 0 Å². The Kier molecular flexibility index (Phi) is 3.63. The number of carbonyl (C=O) groups excluding carboxylic acids is 1. The van der Waals surface area contributed by atoms with Gasteiger partial charge in [0, 0.05) is 18.2 Å². The summed E-state index contributed by atoms with van der Waals surface area (Å²) in [6, 6.07) is 15.6. The molecule has 0 unspecified atom stereocenters. The van der Waals surface area contributed by atoms with Crippen molar-refractivity contribution >= 4 is 11.7 Å². The van der Waals surface area contributed by atoms with Gasteiger partial charge in [0.15, 0.2) is 0 Å². The normalized spacial score (nSPS) is 10.1. The van der Waals surface area contributed by atoms with E-state index >= 15 is 0 Å². The molecule has 0 saturated carbocycles. The van der Waals surface area contributed by atoms with Gasteiger partial charge in [0.2, 0.25) is 0 Å². The number of ether oxygens (including phenoxy) is 1. The molecule has 2 rings (SSSR count). The van der Waals surface area contributed by atoms with Gasteiger partial charge in [-0.2, -0.15) is 0 Å². The molecule has 0 radical (unpaired) electrons. The van der Waals surface area contributed by atoms with Gasteiger partial charge >= 0.3 is 5.97 Å². The molecule has 0 aliphatic heterocycles. The average molecular weight is 241 g/mol. The van der Waals surface area contributed by atoms with Crippen LogP contribution < -0.4 is 5.73 Å². The van der Waals surface area contributed by atoms with Gasteiger partial charge in [-0.15, -0.1) is 0 Å². The van der Waals surface area contributed by atoms with Crippen LogP contribution in [0, 0.1) is 0 Å². The first kappa shape index (κ1) is 12.2. The number of carbonyl (C=O) groups is 1. The van der Waals surface area contributed by atoms with Crippen molar-refractivity contribution in [3.63, 3.8) is 0 Å². The van der Waals surface area contributed by atoms with E-state index in [0.717, 1.165) is 16.7 Å². The van der Waals surface area contributed by atoms with E-state index in [1.54, 1.807) is 0 Å². The molecule has 0 aliphatic rings. The molecule has 0 fully saturated rings. The molecule has 0 heterocycles. The minimum atomic E-state index is -0.308. The van der Waals surface area contributed by atoms with Gasteiger partial charge in [-0.3, -0.25) is 4.79 Å². The lowest BCUT2D eigenvalue weighted by molar-refractivity contribution is -0.142. The molecular formula is C15H15NO2. The van der Waals surface area contributed by atoms with E-state index in [4.69, 9.17) is 10.5 Å². The number of nitrogens with two attached hydrogens (primary N) is 1. The molecular weight excluding hydrogens is 226 g/mol. The van der Waals surface area contributed by atoms with Crippen molar-refractivity contribution in [3.8, 4) is 11.1 Å². The predicted molar refractivity (Wildman–Crippen MR) is 71.8 cm³/mol. The van der Waals surface area contributed by atoms with Crippen LogP contribution in [0.4, 0.5) is 5.69 Å². The lowest BCUT2D eigenvalue weighted by atomic mass is 9.99. The molecule has 18 heavy (non-hydrogen) atoms. The average Bonchev–Trinajstić information content (AvgIpc) is 2.38. The Bertz CT molecular complexity index is 550. The summed E-state index contributed by atoms with van der Waals surface area (Å²) in [5, 5.41) is 0. The van der Waals surface area contributed by atoms with Gasteiger partial charge in [0.25, 0.3) is 0 Å². The van der Waals surface area contributed by atoms with Crippen molar-refractivity contribution in [2.75, 3.05) is 5.73 Å². The van der Waals surface area contributed by atoms with Crippen molar-refractivity contribution < 1.29 is 9.53 Å². The molecule has 0 saturated heterocycles.